The number of para-hydroxylation sites is 1. The molecule has 1 heterocycles. The summed E-state index contributed by atoms with van der Waals surface area (Å²) in [5.41, 5.74) is 1.04. The normalized spacial score (nSPS) is 18.8. The summed E-state index contributed by atoms with van der Waals surface area (Å²) < 4.78 is 50.4. The molecule has 1 atom stereocenters. The average Bonchev–Trinajstić information content (AvgIpc) is 2.87. The molecule has 9 heteroatoms. The summed E-state index contributed by atoms with van der Waals surface area (Å²) in [5, 5.41) is 4.22. The first-order valence-corrected chi connectivity index (χ1v) is 7.47. The Labute approximate surface area is 145 Å². The van der Waals surface area contributed by atoms with Gasteiger partial charge in [0.15, 0.2) is 11.5 Å². The van der Waals surface area contributed by atoms with Gasteiger partial charge >= 0.3 is 18.1 Å². The number of alkyl halides is 3. The van der Waals surface area contributed by atoms with E-state index in [2.05, 4.69) is 5.32 Å². The van der Waals surface area contributed by atoms with Gasteiger partial charge < -0.3 is 14.8 Å². The van der Waals surface area contributed by atoms with Crippen LogP contribution in [0.15, 0.2) is 42.5 Å². The van der Waals surface area contributed by atoms with Crippen molar-refractivity contribution in [2.75, 3.05) is 5.32 Å². The van der Waals surface area contributed by atoms with Crippen molar-refractivity contribution in [3.8, 4) is 11.5 Å². The number of amides is 2. The topological polar surface area (TPSA) is 59.6 Å². The molecule has 0 saturated carbocycles. The van der Waals surface area contributed by atoms with E-state index in [1.807, 2.05) is 0 Å². The molecular formula is C16H12ClF3N2O3. The molecule has 2 N–H and O–H groups in total. The number of benzene rings is 2. The second kappa shape index (κ2) is 6.03. The highest BCUT2D eigenvalue weighted by atomic mass is 35.5. The number of carbonyl (C=O) groups is 1. The predicted octanol–water partition coefficient (Wildman–Crippen LogP) is 4.46. The minimum Gasteiger partial charge on any atom is -0.424 e. The van der Waals surface area contributed by atoms with Gasteiger partial charge in [-0.2, -0.15) is 13.2 Å². The Balaban J connectivity index is 1.84. The molecule has 0 spiro atoms. The molecule has 0 aromatic heterocycles. The van der Waals surface area contributed by atoms with Crippen molar-refractivity contribution >= 4 is 23.3 Å². The fourth-order valence-electron chi connectivity index (χ4n) is 2.23. The number of ether oxygens (including phenoxy) is 2. The maximum absolute atomic E-state index is 13.5. The molecule has 5 nitrogen and oxygen atoms in total. The Morgan fingerprint density at radius 2 is 1.80 bits per heavy atom. The summed E-state index contributed by atoms with van der Waals surface area (Å²) in [6.07, 6.45) is -5.04. The number of hydrogen-bond acceptors (Lipinski definition) is 3. The number of urea groups is 1. The SMILES string of the molecule is Cc1ccccc1NC(=O)N[C@@]1(C(F)(F)F)Oc2ccc(Cl)cc2O1. The highest BCUT2D eigenvalue weighted by molar-refractivity contribution is 6.30. The molecule has 0 aliphatic carbocycles. The minimum atomic E-state index is -5.04. The Bertz CT molecular complexity index is 829. The number of anilines is 1. The lowest BCUT2D eigenvalue weighted by Crippen LogP contribution is -2.65. The second-order valence-corrected chi connectivity index (χ2v) is 5.74. The van der Waals surface area contributed by atoms with Crippen molar-refractivity contribution in [3.05, 3.63) is 53.1 Å². The molecule has 1 aliphatic rings. The zero-order valence-corrected chi connectivity index (χ0v) is 13.5. The summed E-state index contributed by atoms with van der Waals surface area (Å²) in [6, 6.07) is 9.25. The lowest BCUT2D eigenvalue weighted by molar-refractivity contribution is -0.317. The van der Waals surface area contributed by atoms with E-state index in [4.69, 9.17) is 21.1 Å². The van der Waals surface area contributed by atoms with Crippen molar-refractivity contribution in [1.29, 1.82) is 0 Å². The third-order valence-electron chi connectivity index (χ3n) is 3.46. The van der Waals surface area contributed by atoms with E-state index in [0.717, 1.165) is 0 Å². The van der Waals surface area contributed by atoms with Gasteiger partial charge in [-0.05, 0) is 30.7 Å². The van der Waals surface area contributed by atoms with Crippen LogP contribution < -0.4 is 20.1 Å². The van der Waals surface area contributed by atoms with Crippen LogP contribution in [0.5, 0.6) is 11.5 Å². The summed E-state index contributed by atoms with van der Waals surface area (Å²) in [4.78, 5) is 12.1. The van der Waals surface area contributed by atoms with Gasteiger partial charge in [0.25, 0.3) is 0 Å². The minimum absolute atomic E-state index is 0.171. The summed E-state index contributed by atoms with van der Waals surface area (Å²) in [5.74, 6) is -3.74. The van der Waals surface area contributed by atoms with Gasteiger partial charge in [0, 0.05) is 16.8 Å². The number of aryl methyl sites for hydroxylation is 1. The van der Waals surface area contributed by atoms with Crippen LogP contribution in [0.3, 0.4) is 0 Å². The maximum Gasteiger partial charge on any atom is 0.492 e. The third kappa shape index (κ3) is 3.30. The van der Waals surface area contributed by atoms with E-state index in [1.165, 1.54) is 18.2 Å². The standard InChI is InChI=1S/C16H12ClF3N2O3/c1-9-4-2-3-5-11(9)21-14(23)22-16(15(18,19)20)24-12-7-6-10(17)8-13(12)25-16/h2-8H,1H3,(H2,21,22,23)/t16-/m0/s1. The summed E-state index contributed by atoms with van der Waals surface area (Å²) in [6.45, 7) is 1.70. The number of carbonyl (C=O) groups excluding carboxylic acids is 1. The zero-order chi connectivity index (χ0) is 18.2. The lowest BCUT2D eigenvalue weighted by atomic mass is 10.2. The Morgan fingerprint density at radius 3 is 2.48 bits per heavy atom. The van der Waals surface area contributed by atoms with Gasteiger partial charge in [-0.25, -0.2) is 4.79 Å². The monoisotopic (exact) mass is 372 g/mol. The van der Waals surface area contributed by atoms with Crippen LogP contribution in [0.25, 0.3) is 0 Å². The van der Waals surface area contributed by atoms with E-state index in [1.54, 1.807) is 36.5 Å². The Morgan fingerprint density at radius 1 is 1.12 bits per heavy atom. The lowest BCUT2D eigenvalue weighted by Gasteiger charge is -2.29. The molecule has 2 amide bonds. The fourth-order valence-corrected chi connectivity index (χ4v) is 2.39. The van der Waals surface area contributed by atoms with Crippen LogP contribution in [-0.4, -0.2) is 18.1 Å². The number of nitrogens with one attached hydrogen (secondary N) is 2. The molecular weight excluding hydrogens is 361 g/mol. The Kier molecular flexibility index (Phi) is 4.16. The second-order valence-electron chi connectivity index (χ2n) is 5.30. The first kappa shape index (κ1) is 17.2. The molecule has 0 unspecified atom stereocenters. The molecule has 0 radical (unpaired) electrons. The molecule has 1 aliphatic heterocycles. The van der Waals surface area contributed by atoms with Crippen molar-refractivity contribution in [1.82, 2.24) is 5.32 Å². The van der Waals surface area contributed by atoms with Gasteiger partial charge in [0.05, 0.1) is 0 Å². The fraction of sp³-hybridized carbons (Fsp3) is 0.188. The quantitative estimate of drug-likeness (QED) is 0.818. The zero-order valence-electron chi connectivity index (χ0n) is 12.8. The van der Waals surface area contributed by atoms with Gasteiger partial charge in [-0.15, -0.1) is 0 Å². The van der Waals surface area contributed by atoms with Crippen LogP contribution in [0.2, 0.25) is 5.02 Å². The molecule has 0 bridgehead atoms. The van der Waals surface area contributed by atoms with E-state index in [9.17, 15) is 18.0 Å². The number of rotatable bonds is 2. The molecule has 25 heavy (non-hydrogen) atoms. The first-order valence-electron chi connectivity index (χ1n) is 7.09. The first-order chi connectivity index (χ1) is 11.7. The molecule has 2 aromatic carbocycles. The van der Waals surface area contributed by atoms with Crippen LogP contribution in [0, 0.1) is 6.92 Å². The van der Waals surface area contributed by atoms with Crippen molar-refractivity contribution in [2.45, 2.75) is 19.0 Å². The van der Waals surface area contributed by atoms with Gasteiger partial charge in [0.2, 0.25) is 0 Å². The Hall–Kier alpha value is -2.61. The molecule has 0 saturated heterocycles. The predicted molar refractivity (Wildman–Crippen MR) is 84.8 cm³/mol. The van der Waals surface area contributed by atoms with E-state index >= 15 is 0 Å². The van der Waals surface area contributed by atoms with Gasteiger partial charge in [-0.3, -0.25) is 5.32 Å². The number of fused-ring (bicyclic) bond motifs is 1. The van der Waals surface area contributed by atoms with E-state index in [0.29, 0.717) is 11.3 Å². The summed E-state index contributed by atoms with van der Waals surface area (Å²) >= 11 is 5.74. The van der Waals surface area contributed by atoms with Crippen LogP contribution in [0.1, 0.15) is 5.56 Å². The molecule has 132 valence electrons. The maximum atomic E-state index is 13.5. The highest BCUT2D eigenvalue weighted by Crippen LogP contribution is 2.46. The smallest absolute Gasteiger partial charge is 0.424 e. The van der Waals surface area contributed by atoms with Crippen molar-refractivity contribution < 1.29 is 27.4 Å². The third-order valence-corrected chi connectivity index (χ3v) is 3.69. The average molecular weight is 373 g/mol. The van der Waals surface area contributed by atoms with Crippen LogP contribution >= 0.6 is 11.6 Å². The van der Waals surface area contributed by atoms with Crippen LogP contribution in [-0.2, 0) is 0 Å². The highest BCUT2D eigenvalue weighted by Gasteiger charge is 2.65. The van der Waals surface area contributed by atoms with E-state index in [-0.39, 0.29) is 16.5 Å². The van der Waals surface area contributed by atoms with Crippen molar-refractivity contribution in [2.24, 2.45) is 0 Å². The van der Waals surface area contributed by atoms with E-state index < -0.39 is 18.1 Å². The number of hydrogen-bond donors (Lipinski definition) is 2. The molecule has 0 fully saturated rings. The largest absolute Gasteiger partial charge is 0.492 e. The molecule has 2 aromatic rings. The summed E-state index contributed by atoms with van der Waals surface area (Å²) in [7, 11) is 0. The van der Waals surface area contributed by atoms with Gasteiger partial charge in [-0.1, -0.05) is 29.8 Å². The van der Waals surface area contributed by atoms with Gasteiger partial charge in [0.1, 0.15) is 0 Å². The van der Waals surface area contributed by atoms with Crippen molar-refractivity contribution in [3.63, 3.8) is 0 Å². The molecule has 3 rings (SSSR count). The van der Waals surface area contributed by atoms with Crippen LogP contribution in [0.4, 0.5) is 23.7 Å². The number of halogens is 4.